The van der Waals surface area contributed by atoms with Crippen molar-refractivity contribution in [3.63, 3.8) is 0 Å². The van der Waals surface area contributed by atoms with E-state index in [1.165, 1.54) is 76.6 Å². The monoisotopic (exact) mass is 490 g/mol. The summed E-state index contributed by atoms with van der Waals surface area (Å²) < 4.78 is 0. The van der Waals surface area contributed by atoms with Crippen LogP contribution in [0.5, 0.6) is 0 Å². The Kier molecular flexibility index (Phi) is 6.76. The second-order valence-electron chi connectivity index (χ2n) is 14.0. The Hall–Kier alpha value is -1.35. The molecule has 1 aliphatic heterocycles. The fraction of sp³-hybridized carbons (Fsp3) is 0.788. The van der Waals surface area contributed by atoms with Gasteiger partial charge in [-0.25, -0.2) is 0 Å². The van der Waals surface area contributed by atoms with E-state index in [-0.39, 0.29) is 0 Å². The number of aldehydes is 1. The Balaban J connectivity index is 1.23. The predicted octanol–water partition coefficient (Wildman–Crippen LogP) is 7.41. The smallest absolute Gasteiger partial charge is 0.120 e. The maximum Gasteiger partial charge on any atom is 0.120 e. The Morgan fingerprint density at radius 1 is 0.972 bits per heavy atom. The standard InChI is InChI=1S/C33H50N2O/c1-24(9-8-22-36)28-16-17-29-27-15-14-25-10-7-13-31(33(25,3)30(27)18-19-32(28,29)2)35-21-20-34(23-35)26-11-5-4-6-12-26/h4-6,11-12,22,24-25,27-31H,7-10,13-21,23H2,1-3H3/t24-,25?,27+,28-,29+,30+,31?,32-,33+/m1/s1. The van der Waals surface area contributed by atoms with Crippen LogP contribution in [0.15, 0.2) is 30.3 Å². The van der Waals surface area contributed by atoms with Crippen molar-refractivity contribution in [1.29, 1.82) is 0 Å². The molecule has 5 aliphatic rings. The highest BCUT2D eigenvalue weighted by Gasteiger charge is 2.62. The molecule has 1 aromatic carbocycles. The maximum absolute atomic E-state index is 11.1. The third kappa shape index (κ3) is 3.89. The SMILES string of the molecule is C[C@H](CCC=O)[C@H]1CC[C@H]2[C@@H]3CCC4CCCC(N5CCN(c6ccccc6)C5)[C@]4(C)[C@H]3CC[C@]12C. The third-order valence-electron chi connectivity index (χ3n) is 12.8. The molecule has 4 aliphatic carbocycles. The Bertz CT molecular complexity index is 918. The summed E-state index contributed by atoms with van der Waals surface area (Å²) in [7, 11) is 0. The normalized spacial score (nSPS) is 43.5. The number of anilines is 1. The number of hydrogen-bond acceptors (Lipinski definition) is 3. The molecule has 5 fully saturated rings. The van der Waals surface area contributed by atoms with E-state index < -0.39 is 0 Å². The molecule has 9 atom stereocenters. The number of hydrogen-bond donors (Lipinski definition) is 0. The van der Waals surface area contributed by atoms with Crippen LogP contribution in [0.1, 0.15) is 91.4 Å². The molecular weight excluding hydrogens is 440 g/mol. The van der Waals surface area contributed by atoms with Gasteiger partial charge in [-0.3, -0.25) is 4.90 Å². The van der Waals surface area contributed by atoms with Gasteiger partial charge in [0.15, 0.2) is 0 Å². The first kappa shape index (κ1) is 25.0. The summed E-state index contributed by atoms with van der Waals surface area (Å²) in [5.74, 6) is 5.21. The van der Waals surface area contributed by atoms with Gasteiger partial charge in [0.2, 0.25) is 0 Å². The van der Waals surface area contributed by atoms with E-state index in [0.717, 1.165) is 61.4 Å². The first-order chi connectivity index (χ1) is 17.5. The highest BCUT2D eigenvalue weighted by molar-refractivity contribution is 5.49. The Labute approximate surface area is 220 Å². The third-order valence-corrected chi connectivity index (χ3v) is 12.8. The molecule has 0 aromatic heterocycles. The van der Waals surface area contributed by atoms with Crippen LogP contribution < -0.4 is 4.90 Å². The van der Waals surface area contributed by atoms with Crippen LogP contribution >= 0.6 is 0 Å². The molecule has 2 unspecified atom stereocenters. The number of carbonyl (C=O) groups excluding carboxylic acids is 1. The maximum atomic E-state index is 11.1. The molecular formula is C33H50N2O. The van der Waals surface area contributed by atoms with Crippen LogP contribution in [-0.4, -0.2) is 37.0 Å². The van der Waals surface area contributed by atoms with Crippen LogP contribution in [0.2, 0.25) is 0 Å². The van der Waals surface area contributed by atoms with Crippen molar-refractivity contribution in [3.8, 4) is 0 Å². The van der Waals surface area contributed by atoms with Crippen molar-refractivity contribution in [2.75, 3.05) is 24.7 Å². The summed E-state index contributed by atoms with van der Waals surface area (Å²) in [5, 5.41) is 0. The summed E-state index contributed by atoms with van der Waals surface area (Å²) in [5.41, 5.74) is 2.39. The number of fused-ring (bicyclic) bond motifs is 5. The van der Waals surface area contributed by atoms with E-state index in [0.29, 0.717) is 16.7 Å². The summed E-state index contributed by atoms with van der Waals surface area (Å²) in [6, 6.07) is 11.9. The molecule has 198 valence electrons. The van der Waals surface area contributed by atoms with E-state index in [2.05, 4.69) is 60.9 Å². The second kappa shape index (κ2) is 9.75. The largest absolute Gasteiger partial charge is 0.357 e. The molecule has 0 spiro atoms. The van der Waals surface area contributed by atoms with E-state index in [1.54, 1.807) is 0 Å². The molecule has 3 nitrogen and oxygen atoms in total. The number of carbonyl (C=O) groups is 1. The van der Waals surface area contributed by atoms with Gasteiger partial charge < -0.3 is 9.69 Å². The lowest BCUT2D eigenvalue weighted by Crippen LogP contribution is -2.61. The van der Waals surface area contributed by atoms with Crippen LogP contribution in [-0.2, 0) is 4.79 Å². The fourth-order valence-electron chi connectivity index (χ4n) is 11.1. The van der Waals surface area contributed by atoms with E-state index in [4.69, 9.17) is 0 Å². The molecule has 0 bridgehead atoms. The second-order valence-corrected chi connectivity index (χ2v) is 14.0. The van der Waals surface area contributed by atoms with E-state index >= 15 is 0 Å². The first-order valence-corrected chi connectivity index (χ1v) is 15.4. The molecule has 0 radical (unpaired) electrons. The number of benzene rings is 1. The molecule has 1 saturated heterocycles. The van der Waals surface area contributed by atoms with Crippen molar-refractivity contribution in [3.05, 3.63) is 30.3 Å². The van der Waals surface area contributed by atoms with Crippen LogP contribution in [0, 0.1) is 46.3 Å². The van der Waals surface area contributed by atoms with Gasteiger partial charge in [-0.05, 0) is 116 Å². The molecule has 0 amide bonds. The van der Waals surface area contributed by atoms with Crippen LogP contribution in [0.25, 0.3) is 0 Å². The van der Waals surface area contributed by atoms with Gasteiger partial charge in [-0.15, -0.1) is 0 Å². The molecule has 3 heteroatoms. The fourth-order valence-corrected chi connectivity index (χ4v) is 11.1. The average Bonchev–Trinajstić information content (AvgIpc) is 3.52. The summed E-state index contributed by atoms with van der Waals surface area (Å²) in [6.07, 6.45) is 16.0. The van der Waals surface area contributed by atoms with Gasteiger partial charge in [-0.2, -0.15) is 0 Å². The summed E-state index contributed by atoms with van der Waals surface area (Å²) >= 11 is 0. The van der Waals surface area contributed by atoms with Crippen molar-refractivity contribution >= 4 is 12.0 Å². The van der Waals surface area contributed by atoms with Gasteiger partial charge in [0, 0.05) is 31.2 Å². The minimum Gasteiger partial charge on any atom is -0.357 e. The van der Waals surface area contributed by atoms with Gasteiger partial charge >= 0.3 is 0 Å². The lowest BCUT2D eigenvalue weighted by atomic mass is 9.43. The predicted molar refractivity (Wildman–Crippen MR) is 149 cm³/mol. The van der Waals surface area contributed by atoms with Crippen molar-refractivity contribution in [2.45, 2.75) is 97.4 Å². The topological polar surface area (TPSA) is 23.6 Å². The van der Waals surface area contributed by atoms with E-state index in [9.17, 15) is 4.79 Å². The van der Waals surface area contributed by atoms with Crippen LogP contribution in [0.4, 0.5) is 5.69 Å². The molecule has 1 heterocycles. The number of rotatable bonds is 6. The van der Waals surface area contributed by atoms with Gasteiger partial charge in [-0.1, -0.05) is 45.4 Å². The first-order valence-electron chi connectivity index (χ1n) is 15.4. The van der Waals surface area contributed by atoms with Crippen molar-refractivity contribution in [1.82, 2.24) is 4.90 Å². The quantitative estimate of drug-likeness (QED) is 0.388. The van der Waals surface area contributed by atoms with Crippen molar-refractivity contribution < 1.29 is 4.79 Å². The zero-order valence-electron chi connectivity index (χ0n) is 23.2. The Morgan fingerprint density at radius 2 is 1.81 bits per heavy atom. The summed E-state index contributed by atoms with van der Waals surface area (Å²) in [6.45, 7) is 11.4. The zero-order chi connectivity index (χ0) is 24.9. The average molecular weight is 491 g/mol. The molecule has 36 heavy (non-hydrogen) atoms. The minimum absolute atomic E-state index is 0.483. The number of para-hydroxylation sites is 1. The van der Waals surface area contributed by atoms with Crippen molar-refractivity contribution in [2.24, 2.45) is 46.3 Å². The van der Waals surface area contributed by atoms with E-state index in [1.807, 2.05) is 0 Å². The Morgan fingerprint density at radius 3 is 2.61 bits per heavy atom. The van der Waals surface area contributed by atoms with Gasteiger partial charge in [0.1, 0.15) is 6.29 Å². The summed E-state index contributed by atoms with van der Waals surface area (Å²) in [4.78, 5) is 16.6. The highest BCUT2D eigenvalue weighted by atomic mass is 16.1. The minimum atomic E-state index is 0.483. The molecule has 0 N–H and O–H groups in total. The van der Waals surface area contributed by atoms with Gasteiger partial charge in [0.25, 0.3) is 0 Å². The molecule has 4 saturated carbocycles. The molecule has 1 aromatic rings. The lowest BCUT2D eigenvalue weighted by Gasteiger charge is -2.64. The number of nitrogens with zero attached hydrogens (tertiary/aromatic N) is 2. The van der Waals surface area contributed by atoms with Gasteiger partial charge in [0.05, 0.1) is 6.67 Å². The lowest BCUT2D eigenvalue weighted by molar-refractivity contribution is -0.146. The molecule has 6 rings (SSSR count). The highest BCUT2D eigenvalue weighted by Crippen LogP contribution is 2.68. The van der Waals surface area contributed by atoms with Crippen LogP contribution in [0.3, 0.4) is 0 Å². The zero-order valence-corrected chi connectivity index (χ0v) is 23.2.